The third-order valence-corrected chi connectivity index (χ3v) is 5.39. The van der Waals surface area contributed by atoms with Gasteiger partial charge in [-0.2, -0.15) is 5.10 Å². The molecule has 0 aliphatic rings. The van der Waals surface area contributed by atoms with Gasteiger partial charge in [0.15, 0.2) is 0 Å². The molecule has 4 aromatic rings. The van der Waals surface area contributed by atoms with E-state index in [-0.39, 0.29) is 5.91 Å². The fourth-order valence-electron chi connectivity index (χ4n) is 3.61. The Labute approximate surface area is 204 Å². The molecule has 4 rings (SSSR count). The van der Waals surface area contributed by atoms with Gasteiger partial charge in [0.25, 0.3) is 5.91 Å². The number of carbonyl (C=O) groups excluding carboxylic acids is 1. The third-order valence-electron chi connectivity index (χ3n) is 5.39. The van der Waals surface area contributed by atoms with Gasteiger partial charge in [-0.05, 0) is 61.0 Å². The molecule has 0 spiro atoms. The first-order valence-electron chi connectivity index (χ1n) is 11.3. The summed E-state index contributed by atoms with van der Waals surface area (Å²) in [5.41, 5.74) is 6.08. The lowest BCUT2D eigenvalue weighted by Gasteiger charge is -2.10. The lowest BCUT2D eigenvalue weighted by Crippen LogP contribution is -2.18. The zero-order valence-corrected chi connectivity index (χ0v) is 19.9. The number of hydrazone groups is 1. The Bertz CT molecular complexity index is 1350. The Kier molecular flexibility index (Phi) is 7.57. The van der Waals surface area contributed by atoms with Gasteiger partial charge in [-0.15, -0.1) is 0 Å². The van der Waals surface area contributed by atoms with Crippen LogP contribution < -0.4 is 19.6 Å². The Morgan fingerprint density at radius 2 is 1.74 bits per heavy atom. The molecule has 3 aromatic carbocycles. The standard InChI is InChI=1S/C28H27N3O4/c1-4-15-35-21-11-9-19(10-12-21)26-17-24(23-7-5-6-8-25(23)30-26)28(32)31-29-18-20-16-22(33-2)13-14-27(20)34-3/h5-14,16-18H,4,15H2,1-3H3,(H,31,32)/b29-18+. The van der Waals surface area contributed by atoms with Crippen LogP contribution in [0.4, 0.5) is 0 Å². The molecule has 0 saturated carbocycles. The minimum absolute atomic E-state index is 0.342. The number of carbonyl (C=O) groups is 1. The smallest absolute Gasteiger partial charge is 0.272 e. The van der Waals surface area contributed by atoms with Gasteiger partial charge in [0.1, 0.15) is 17.2 Å². The SMILES string of the molecule is CCCOc1ccc(-c2cc(C(=O)N/N=C/c3cc(OC)ccc3OC)c3ccccc3n2)cc1. The van der Waals surface area contributed by atoms with Crippen LogP contribution in [0.25, 0.3) is 22.2 Å². The van der Waals surface area contributed by atoms with Crippen molar-refractivity contribution in [1.82, 2.24) is 10.4 Å². The number of hydrogen-bond donors (Lipinski definition) is 1. The molecular weight excluding hydrogens is 442 g/mol. The van der Waals surface area contributed by atoms with Crippen molar-refractivity contribution < 1.29 is 19.0 Å². The molecule has 7 nitrogen and oxygen atoms in total. The molecule has 0 aliphatic carbocycles. The van der Waals surface area contributed by atoms with Gasteiger partial charge in [0.05, 0.1) is 43.8 Å². The summed E-state index contributed by atoms with van der Waals surface area (Å²) in [5, 5.41) is 4.90. The summed E-state index contributed by atoms with van der Waals surface area (Å²) in [6.45, 7) is 2.73. The number of amides is 1. The zero-order valence-electron chi connectivity index (χ0n) is 19.9. The molecule has 0 radical (unpaired) electrons. The fourth-order valence-corrected chi connectivity index (χ4v) is 3.61. The Morgan fingerprint density at radius 1 is 0.971 bits per heavy atom. The van der Waals surface area contributed by atoms with E-state index in [0.29, 0.717) is 34.9 Å². The molecule has 0 fully saturated rings. The number of fused-ring (bicyclic) bond motifs is 1. The average Bonchev–Trinajstić information content (AvgIpc) is 2.91. The van der Waals surface area contributed by atoms with Crippen LogP contribution in [0.2, 0.25) is 0 Å². The highest BCUT2D eigenvalue weighted by atomic mass is 16.5. The van der Waals surface area contributed by atoms with Gasteiger partial charge in [-0.3, -0.25) is 4.79 Å². The van der Waals surface area contributed by atoms with Crippen molar-refractivity contribution in [2.24, 2.45) is 5.10 Å². The summed E-state index contributed by atoms with van der Waals surface area (Å²) in [6, 6.07) is 22.4. The molecule has 0 aliphatic heterocycles. The number of nitrogens with one attached hydrogen (secondary N) is 1. The number of ether oxygens (including phenoxy) is 3. The van der Waals surface area contributed by atoms with Crippen LogP contribution in [0, 0.1) is 0 Å². The van der Waals surface area contributed by atoms with Crippen molar-refractivity contribution in [3.63, 3.8) is 0 Å². The molecule has 178 valence electrons. The summed E-state index contributed by atoms with van der Waals surface area (Å²) in [7, 11) is 3.16. The lowest BCUT2D eigenvalue weighted by atomic mass is 10.0. The molecule has 0 unspecified atom stereocenters. The second-order valence-electron chi connectivity index (χ2n) is 7.75. The number of methoxy groups -OCH3 is 2. The highest BCUT2D eigenvalue weighted by molar-refractivity contribution is 6.07. The largest absolute Gasteiger partial charge is 0.497 e. The number of benzene rings is 3. The minimum Gasteiger partial charge on any atom is -0.497 e. The van der Waals surface area contributed by atoms with Crippen molar-refractivity contribution in [3.8, 4) is 28.5 Å². The number of aromatic nitrogens is 1. The lowest BCUT2D eigenvalue weighted by molar-refractivity contribution is 0.0956. The van der Waals surface area contributed by atoms with Crippen LogP contribution in [0.3, 0.4) is 0 Å². The van der Waals surface area contributed by atoms with Crippen LogP contribution in [0.5, 0.6) is 17.2 Å². The van der Waals surface area contributed by atoms with Gasteiger partial charge in [-0.25, -0.2) is 10.4 Å². The van der Waals surface area contributed by atoms with E-state index in [4.69, 9.17) is 19.2 Å². The van der Waals surface area contributed by atoms with Crippen molar-refractivity contribution >= 4 is 23.0 Å². The van der Waals surface area contributed by atoms with Crippen LogP contribution in [-0.2, 0) is 0 Å². The maximum absolute atomic E-state index is 13.2. The van der Waals surface area contributed by atoms with E-state index in [1.807, 2.05) is 48.5 Å². The van der Waals surface area contributed by atoms with E-state index in [1.165, 1.54) is 6.21 Å². The minimum atomic E-state index is -0.342. The second kappa shape index (κ2) is 11.2. The number of para-hydroxylation sites is 1. The van der Waals surface area contributed by atoms with Crippen LogP contribution in [0.15, 0.2) is 77.9 Å². The van der Waals surface area contributed by atoms with Crippen molar-refractivity contribution in [1.29, 1.82) is 0 Å². The molecule has 1 N–H and O–H groups in total. The van der Waals surface area contributed by atoms with Gasteiger partial charge in [0, 0.05) is 16.5 Å². The maximum Gasteiger partial charge on any atom is 0.272 e. The summed E-state index contributed by atoms with van der Waals surface area (Å²) in [4.78, 5) is 17.9. The molecule has 0 atom stereocenters. The fraction of sp³-hybridized carbons (Fsp3) is 0.179. The molecular formula is C28H27N3O4. The van der Waals surface area contributed by atoms with E-state index in [9.17, 15) is 4.79 Å². The van der Waals surface area contributed by atoms with Gasteiger partial charge in [0.2, 0.25) is 0 Å². The molecule has 1 heterocycles. The predicted molar refractivity (Wildman–Crippen MR) is 138 cm³/mol. The number of nitrogens with zero attached hydrogens (tertiary/aromatic N) is 2. The average molecular weight is 470 g/mol. The van der Waals surface area contributed by atoms with E-state index in [1.54, 1.807) is 38.5 Å². The molecule has 1 aromatic heterocycles. The number of hydrogen-bond acceptors (Lipinski definition) is 6. The number of pyridine rings is 1. The van der Waals surface area contributed by atoms with Crippen molar-refractivity contribution in [3.05, 3.63) is 83.9 Å². The monoisotopic (exact) mass is 469 g/mol. The Morgan fingerprint density at radius 3 is 2.49 bits per heavy atom. The predicted octanol–water partition coefficient (Wildman–Crippen LogP) is 5.47. The highest BCUT2D eigenvalue weighted by Crippen LogP contribution is 2.27. The quantitative estimate of drug-likeness (QED) is 0.260. The molecule has 35 heavy (non-hydrogen) atoms. The van der Waals surface area contributed by atoms with Gasteiger partial charge in [-0.1, -0.05) is 25.1 Å². The van der Waals surface area contributed by atoms with Gasteiger partial charge >= 0.3 is 0 Å². The summed E-state index contributed by atoms with van der Waals surface area (Å²) < 4.78 is 16.3. The number of rotatable bonds is 9. The summed E-state index contributed by atoms with van der Waals surface area (Å²) >= 11 is 0. The van der Waals surface area contributed by atoms with E-state index < -0.39 is 0 Å². The first-order chi connectivity index (χ1) is 17.1. The third kappa shape index (κ3) is 5.58. The van der Waals surface area contributed by atoms with E-state index in [2.05, 4.69) is 17.5 Å². The van der Waals surface area contributed by atoms with Crippen molar-refractivity contribution in [2.75, 3.05) is 20.8 Å². The van der Waals surface area contributed by atoms with E-state index in [0.717, 1.165) is 28.6 Å². The molecule has 1 amide bonds. The van der Waals surface area contributed by atoms with Crippen LogP contribution in [0.1, 0.15) is 29.3 Å². The first kappa shape index (κ1) is 23.8. The van der Waals surface area contributed by atoms with Crippen molar-refractivity contribution in [2.45, 2.75) is 13.3 Å². The van der Waals surface area contributed by atoms with E-state index >= 15 is 0 Å². The highest BCUT2D eigenvalue weighted by Gasteiger charge is 2.14. The second-order valence-corrected chi connectivity index (χ2v) is 7.75. The molecule has 7 heteroatoms. The van der Waals surface area contributed by atoms with Crippen LogP contribution >= 0.6 is 0 Å². The summed E-state index contributed by atoms with van der Waals surface area (Å²) in [6.07, 6.45) is 2.47. The molecule has 0 bridgehead atoms. The first-order valence-corrected chi connectivity index (χ1v) is 11.3. The normalized spacial score (nSPS) is 10.9. The topological polar surface area (TPSA) is 82.0 Å². The van der Waals surface area contributed by atoms with Crippen LogP contribution in [-0.4, -0.2) is 37.9 Å². The summed E-state index contributed by atoms with van der Waals surface area (Å²) in [5.74, 6) is 1.74. The Hall–Kier alpha value is -4.39. The molecule has 0 saturated heterocycles. The maximum atomic E-state index is 13.2. The zero-order chi connectivity index (χ0) is 24.6. The Balaban J connectivity index is 1.62. The van der Waals surface area contributed by atoms with Gasteiger partial charge < -0.3 is 14.2 Å².